The van der Waals surface area contributed by atoms with E-state index in [1.807, 2.05) is 18.7 Å². The number of piperazine rings is 1. The summed E-state index contributed by atoms with van der Waals surface area (Å²) in [5.74, 6) is 0.812. The first-order valence-corrected chi connectivity index (χ1v) is 9.11. The van der Waals surface area contributed by atoms with Gasteiger partial charge in [0.05, 0.1) is 12.2 Å². The maximum Gasteiger partial charge on any atom is 0.252 e. The summed E-state index contributed by atoms with van der Waals surface area (Å²) in [6, 6.07) is 1.57. The van der Waals surface area contributed by atoms with Gasteiger partial charge in [0.25, 0.3) is 5.56 Å². The average molecular weight is 349 g/mol. The standard InChI is InChI=1S/C18H31N5O2/c1-6-22(7-2)16(25)13-21-8-10-23(11-9-21)17-19-14(18(3,4)5)12-15(24)20-17/h12H,6-11,13H2,1-5H3,(H,19,20,24). The Bertz CT molecular complexity index is 638. The average Bonchev–Trinajstić information content (AvgIpc) is 2.55. The lowest BCUT2D eigenvalue weighted by atomic mass is 9.92. The van der Waals surface area contributed by atoms with Crippen molar-refractivity contribution in [3.05, 3.63) is 22.1 Å². The summed E-state index contributed by atoms with van der Waals surface area (Å²) in [6.45, 7) is 15.2. The molecule has 1 saturated heterocycles. The van der Waals surface area contributed by atoms with E-state index < -0.39 is 0 Å². The summed E-state index contributed by atoms with van der Waals surface area (Å²) in [6.07, 6.45) is 0. The smallest absolute Gasteiger partial charge is 0.252 e. The fourth-order valence-corrected chi connectivity index (χ4v) is 2.96. The number of aromatic nitrogens is 2. The minimum absolute atomic E-state index is 0.117. The minimum atomic E-state index is -0.166. The van der Waals surface area contributed by atoms with Gasteiger partial charge in [0, 0.05) is 50.7 Å². The highest BCUT2D eigenvalue weighted by molar-refractivity contribution is 5.78. The fourth-order valence-electron chi connectivity index (χ4n) is 2.96. The molecule has 0 aromatic carbocycles. The summed E-state index contributed by atoms with van der Waals surface area (Å²) in [5, 5.41) is 0. The third-order valence-electron chi connectivity index (χ3n) is 4.64. The van der Waals surface area contributed by atoms with Crippen LogP contribution in [0.3, 0.4) is 0 Å². The van der Waals surface area contributed by atoms with E-state index >= 15 is 0 Å². The zero-order valence-electron chi connectivity index (χ0n) is 16.1. The first-order valence-electron chi connectivity index (χ1n) is 9.11. The number of amides is 1. The molecular weight excluding hydrogens is 318 g/mol. The summed E-state index contributed by atoms with van der Waals surface area (Å²) >= 11 is 0. The van der Waals surface area contributed by atoms with Gasteiger partial charge in [-0.15, -0.1) is 0 Å². The second-order valence-electron chi connectivity index (χ2n) is 7.53. The molecule has 25 heavy (non-hydrogen) atoms. The molecule has 1 aromatic heterocycles. The van der Waals surface area contributed by atoms with Crippen LogP contribution in [-0.2, 0) is 10.2 Å². The monoisotopic (exact) mass is 349 g/mol. The Kier molecular flexibility index (Phi) is 6.21. The molecule has 7 heteroatoms. The molecule has 1 fully saturated rings. The Labute approximate surface area is 150 Å². The van der Waals surface area contributed by atoms with Gasteiger partial charge in [0.1, 0.15) is 0 Å². The van der Waals surface area contributed by atoms with Crippen molar-refractivity contribution in [2.24, 2.45) is 0 Å². The molecule has 1 aliphatic rings. The number of hydrogen-bond acceptors (Lipinski definition) is 5. The lowest BCUT2D eigenvalue weighted by Crippen LogP contribution is -2.50. The zero-order chi connectivity index (χ0) is 18.6. The Hall–Kier alpha value is -1.89. The van der Waals surface area contributed by atoms with Gasteiger partial charge in [-0.25, -0.2) is 4.98 Å². The topological polar surface area (TPSA) is 72.5 Å². The molecule has 140 valence electrons. The molecule has 1 aliphatic heterocycles. The largest absolute Gasteiger partial charge is 0.342 e. The number of carbonyl (C=O) groups excluding carboxylic acids is 1. The molecule has 0 radical (unpaired) electrons. The van der Waals surface area contributed by atoms with Crippen molar-refractivity contribution in [2.75, 3.05) is 50.7 Å². The molecule has 0 spiro atoms. The Balaban J connectivity index is 2.00. The molecule has 1 aromatic rings. The van der Waals surface area contributed by atoms with Crippen LogP contribution < -0.4 is 10.5 Å². The quantitative estimate of drug-likeness (QED) is 0.860. The van der Waals surface area contributed by atoms with Crippen molar-refractivity contribution in [3.63, 3.8) is 0 Å². The predicted octanol–water partition coefficient (Wildman–Crippen LogP) is 1.06. The van der Waals surface area contributed by atoms with Crippen molar-refractivity contribution < 1.29 is 4.79 Å². The second-order valence-corrected chi connectivity index (χ2v) is 7.53. The van der Waals surface area contributed by atoms with Crippen molar-refractivity contribution in [3.8, 4) is 0 Å². The van der Waals surface area contributed by atoms with Crippen LogP contribution in [0.1, 0.15) is 40.3 Å². The third-order valence-corrected chi connectivity index (χ3v) is 4.64. The summed E-state index contributed by atoms with van der Waals surface area (Å²) in [5.41, 5.74) is 0.514. The van der Waals surface area contributed by atoms with Gasteiger partial charge in [0.2, 0.25) is 11.9 Å². The predicted molar refractivity (Wildman–Crippen MR) is 100 cm³/mol. The van der Waals surface area contributed by atoms with Crippen LogP contribution in [0.5, 0.6) is 0 Å². The van der Waals surface area contributed by atoms with Crippen LogP contribution in [0.25, 0.3) is 0 Å². The number of nitrogens with one attached hydrogen (secondary N) is 1. The summed E-state index contributed by atoms with van der Waals surface area (Å²) < 4.78 is 0. The maximum absolute atomic E-state index is 12.2. The highest BCUT2D eigenvalue weighted by atomic mass is 16.2. The van der Waals surface area contributed by atoms with Gasteiger partial charge < -0.3 is 9.80 Å². The van der Waals surface area contributed by atoms with E-state index in [1.54, 1.807) is 6.07 Å². The number of rotatable bonds is 5. The highest BCUT2D eigenvalue weighted by Crippen LogP contribution is 2.20. The number of H-pyrrole nitrogens is 1. The van der Waals surface area contributed by atoms with Crippen LogP contribution in [-0.4, -0.2) is 71.5 Å². The van der Waals surface area contributed by atoms with Gasteiger partial charge in [-0.05, 0) is 13.8 Å². The lowest BCUT2D eigenvalue weighted by molar-refractivity contribution is -0.132. The molecule has 7 nitrogen and oxygen atoms in total. The van der Waals surface area contributed by atoms with Crippen molar-refractivity contribution in [1.82, 2.24) is 19.8 Å². The first kappa shape index (κ1) is 19.4. The van der Waals surface area contributed by atoms with E-state index in [4.69, 9.17) is 0 Å². The highest BCUT2D eigenvalue weighted by Gasteiger charge is 2.24. The van der Waals surface area contributed by atoms with E-state index in [9.17, 15) is 9.59 Å². The van der Waals surface area contributed by atoms with E-state index in [-0.39, 0.29) is 16.9 Å². The molecule has 2 rings (SSSR count). The SMILES string of the molecule is CCN(CC)C(=O)CN1CCN(c2nc(C(C)(C)C)cc(=O)[nH]2)CC1. The molecule has 1 amide bonds. The van der Waals surface area contributed by atoms with Crippen LogP contribution in [0.4, 0.5) is 5.95 Å². The van der Waals surface area contributed by atoms with E-state index in [0.29, 0.717) is 12.5 Å². The van der Waals surface area contributed by atoms with Crippen molar-refractivity contribution in [2.45, 2.75) is 40.0 Å². The molecule has 0 unspecified atom stereocenters. The fraction of sp³-hybridized carbons (Fsp3) is 0.722. The Morgan fingerprint density at radius 2 is 1.80 bits per heavy atom. The number of aromatic amines is 1. The first-order chi connectivity index (χ1) is 11.7. The zero-order valence-corrected chi connectivity index (χ0v) is 16.1. The van der Waals surface area contributed by atoms with Gasteiger partial charge in [0.15, 0.2) is 0 Å². The number of anilines is 1. The van der Waals surface area contributed by atoms with Crippen molar-refractivity contribution in [1.29, 1.82) is 0 Å². The van der Waals surface area contributed by atoms with E-state index in [2.05, 4.69) is 40.5 Å². The number of carbonyl (C=O) groups is 1. The summed E-state index contributed by atoms with van der Waals surface area (Å²) in [7, 11) is 0. The van der Waals surface area contributed by atoms with E-state index in [1.165, 1.54) is 0 Å². The normalized spacial score (nSPS) is 16.1. The van der Waals surface area contributed by atoms with Crippen LogP contribution in [0.2, 0.25) is 0 Å². The molecular formula is C18H31N5O2. The second kappa shape index (κ2) is 7.99. The molecule has 0 bridgehead atoms. The lowest BCUT2D eigenvalue weighted by Gasteiger charge is -2.35. The van der Waals surface area contributed by atoms with Crippen LogP contribution in [0.15, 0.2) is 10.9 Å². The number of hydrogen-bond donors (Lipinski definition) is 1. The molecule has 0 saturated carbocycles. The van der Waals surface area contributed by atoms with Crippen molar-refractivity contribution >= 4 is 11.9 Å². The van der Waals surface area contributed by atoms with Crippen LogP contribution in [0, 0.1) is 0 Å². The van der Waals surface area contributed by atoms with Crippen LogP contribution >= 0.6 is 0 Å². The Morgan fingerprint density at radius 3 is 2.32 bits per heavy atom. The number of likely N-dealkylation sites (N-methyl/N-ethyl adjacent to an activating group) is 1. The molecule has 0 aliphatic carbocycles. The van der Waals surface area contributed by atoms with Gasteiger partial charge in [-0.3, -0.25) is 19.5 Å². The third kappa shape index (κ3) is 5.04. The van der Waals surface area contributed by atoms with Gasteiger partial charge >= 0.3 is 0 Å². The minimum Gasteiger partial charge on any atom is -0.342 e. The van der Waals surface area contributed by atoms with Gasteiger partial charge in [-0.2, -0.15) is 0 Å². The molecule has 2 heterocycles. The number of nitrogens with zero attached hydrogens (tertiary/aromatic N) is 4. The summed E-state index contributed by atoms with van der Waals surface area (Å²) in [4.78, 5) is 37.8. The Morgan fingerprint density at radius 1 is 1.20 bits per heavy atom. The van der Waals surface area contributed by atoms with E-state index in [0.717, 1.165) is 45.0 Å². The van der Waals surface area contributed by atoms with Gasteiger partial charge in [-0.1, -0.05) is 20.8 Å². The molecule has 0 atom stereocenters. The molecule has 1 N–H and O–H groups in total. The maximum atomic E-state index is 12.2.